The molecule has 1 fully saturated rings. The summed E-state index contributed by atoms with van der Waals surface area (Å²) in [7, 11) is 0. The van der Waals surface area contributed by atoms with Crippen LogP contribution >= 0.6 is 34.5 Å². The first-order chi connectivity index (χ1) is 14.8. The number of hydrogen-bond donors (Lipinski definition) is 2. The Morgan fingerprint density at radius 3 is 2.35 bits per heavy atom. The van der Waals surface area contributed by atoms with E-state index < -0.39 is 5.97 Å². The minimum atomic E-state index is -0.735. The summed E-state index contributed by atoms with van der Waals surface area (Å²) in [5.74, 6) is -0.599. The third kappa shape index (κ3) is 6.69. The molecule has 0 aliphatic heterocycles. The van der Waals surface area contributed by atoms with Gasteiger partial charge in [0.1, 0.15) is 10.1 Å². The lowest BCUT2D eigenvalue weighted by atomic mass is 9.87. The van der Waals surface area contributed by atoms with Gasteiger partial charge in [-0.3, -0.25) is 14.4 Å². The first kappa shape index (κ1) is 23.6. The van der Waals surface area contributed by atoms with Crippen LogP contribution in [0.3, 0.4) is 0 Å². The fourth-order valence-electron chi connectivity index (χ4n) is 3.48. The average molecular weight is 484 g/mol. The fraction of sp³-hybridized carbons (Fsp3) is 0.409. The standard InChI is InChI=1S/C22H23Cl2NO5S/c23-17-12-19(31-20(17)24)21(27)25-11-1-2-18(26)13-3-7-15(8-4-13)30-16-9-5-14(6-10-16)22(28)29/h3-4,7-8,12,14,16H,1-2,5-6,9-11H2,(H,25,27)(H,28,29). The molecule has 31 heavy (non-hydrogen) atoms. The van der Waals surface area contributed by atoms with Crippen molar-refractivity contribution >= 4 is 52.2 Å². The average Bonchev–Trinajstić information content (AvgIpc) is 3.10. The summed E-state index contributed by atoms with van der Waals surface area (Å²) in [5.41, 5.74) is 0.588. The van der Waals surface area contributed by atoms with Crippen LogP contribution in [0.5, 0.6) is 5.75 Å². The van der Waals surface area contributed by atoms with Crippen molar-refractivity contribution in [1.82, 2.24) is 5.32 Å². The highest BCUT2D eigenvalue weighted by molar-refractivity contribution is 7.18. The lowest BCUT2D eigenvalue weighted by Crippen LogP contribution is -2.27. The summed E-state index contributed by atoms with van der Waals surface area (Å²) in [6.45, 7) is 0.373. The van der Waals surface area contributed by atoms with Crippen LogP contribution in [0.1, 0.15) is 58.6 Å². The zero-order valence-electron chi connectivity index (χ0n) is 16.7. The summed E-state index contributed by atoms with van der Waals surface area (Å²) in [5, 5.41) is 12.2. The number of carbonyl (C=O) groups excluding carboxylic acids is 2. The van der Waals surface area contributed by atoms with E-state index in [1.54, 1.807) is 24.3 Å². The van der Waals surface area contributed by atoms with Crippen LogP contribution in [0.25, 0.3) is 0 Å². The SMILES string of the molecule is O=C(CCCNC(=O)c1cc(Cl)c(Cl)s1)c1ccc(OC2CCC(C(=O)O)CC2)cc1. The number of benzene rings is 1. The number of rotatable bonds is 9. The molecule has 3 rings (SSSR count). The van der Waals surface area contributed by atoms with Crippen LogP contribution in [-0.4, -0.2) is 35.4 Å². The predicted octanol–water partition coefficient (Wildman–Crippen LogP) is 5.47. The largest absolute Gasteiger partial charge is 0.490 e. The van der Waals surface area contributed by atoms with E-state index in [1.165, 1.54) is 6.07 Å². The lowest BCUT2D eigenvalue weighted by molar-refractivity contribution is -0.143. The number of ether oxygens (including phenoxy) is 1. The smallest absolute Gasteiger partial charge is 0.306 e. The third-order valence-corrected chi connectivity index (χ3v) is 7.10. The van der Waals surface area contributed by atoms with Crippen molar-refractivity contribution in [2.45, 2.75) is 44.6 Å². The first-order valence-corrected chi connectivity index (χ1v) is 11.7. The molecule has 0 radical (unpaired) electrons. The number of carboxylic acid groups (broad SMARTS) is 1. The molecule has 166 valence electrons. The van der Waals surface area contributed by atoms with Crippen molar-refractivity contribution in [2.24, 2.45) is 5.92 Å². The van der Waals surface area contributed by atoms with E-state index in [9.17, 15) is 14.4 Å². The van der Waals surface area contributed by atoms with Crippen molar-refractivity contribution < 1.29 is 24.2 Å². The fourth-order valence-corrected chi connectivity index (χ4v) is 4.76. The number of carboxylic acids is 1. The van der Waals surface area contributed by atoms with Crippen molar-refractivity contribution in [3.8, 4) is 5.75 Å². The van der Waals surface area contributed by atoms with E-state index in [1.807, 2.05) is 0 Å². The lowest BCUT2D eigenvalue weighted by Gasteiger charge is -2.26. The Morgan fingerprint density at radius 2 is 1.77 bits per heavy atom. The second-order valence-corrected chi connectivity index (χ2v) is 9.53. The summed E-state index contributed by atoms with van der Waals surface area (Å²) < 4.78 is 6.30. The molecule has 1 aromatic carbocycles. The van der Waals surface area contributed by atoms with E-state index in [2.05, 4.69) is 5.32 Å². The molecule has 2 N–H and O–H groups in total. The molecule has 2 aromatic rings. The van der Waals surface area contributed by atoms with Gasteiger partial charge in [-0.05, 0) is 62.4 Å². The number of thiophene rings is 1. The highest BCUT2D eigenvalue weighted by Gasteiger charge is 2.26. The molecule has 0 spiro atoms. The Morgan fingerprint density at radius 1 is 1.10 bits per heavy atom. The highest BCUT2D eigenvalue weighted by Crippen LogP contribution is 2.31. The van der Waals surface area contributed by atoms with Gasteiger partial charge in [0.15, 0.2) is 5.78 Å². The summed E-state index contributed by atoms with van der Waals surface area (Å²) in [6, 6.07) is 8.52. The molecule has 0 bridgehead atoms. The van der Waals surface area contributed by atoms with Gasteiger partial charge in [0.2, 0.25) is 0 Å². The number of aliphatic carboxylic acids is 1. The van der Waals surface area contributed by atoms with Gasteiger partial charge in [-0.2, -0.15) is 0 Å². The van der Waals surface area contributed by atoms with Crippen LogP contribution in [-0.2, 0) is 4.79 Å². The van der Waals surface area contributed by atoms with Gasteiger partial charge in [0.25, 0.3) is 5.91 Å². The molecule has 1 aliphatic carbocycles. The first-order valence-electron chi connectivity index (χ1n) is 10.1. The van der Waals surface area contributed by atoms with E-state index >= 15 is 0 Å². The van der Waals surface area contributed by atoms with Crippen molar-refractivity contribution in [3.05, 3.63) is 50.1 Å². The van der Waals surface area contributed by atoms with Gasteiger partial charge < -0.3 is 15.2 Å². The van der Waals surface area contributed by atoms with Crippen molar-refractivity contribution in [1.29, 1.82) is 0 Å². The Hall–Kier alpha value is -2.09. The number of hydrogen-bond acceptors (Lipinski definition) is 5. The van der Waals surface area contributed by atoms with E-state index in [-0.39, 0.29) is 23.7 Å². The summed E-state index contributed by atoms with van der Waals surface area (Å²) in [4.78, 5) is 35.9. The molecule has 1 heterocycles. The Bertz CT molecular complexity index is 916. The zero-order valence-corrected chi connectivity index (χ0v) is 19.1. The van der Waals surface area contributed by atoms with Gasteiger partial charge in [-0.1, -0.05) is 23.2 Å². The second kappa shape index (κ2) is 11.0. The van der Waals surface area contributed by atoms with E-state index in [0.29, 0.717) is 70.6 Å². The predicted molar refractivity (Wildman–Crippen MR) is 121 cm³/mol. The molecule has 0 atom stereocenters. The normalized spacial score (nSPS) is 18.4. The van der Waals surface area contributed by atoms with Crippen LogP contribution in [0.15, 0.2) is 30.3 Å². The van der Waals surface area contributed by atoms with Gasteiger partial charge in [0, 0.05) is 18.5 Å². The van der Waals surface area contributed by atoms with Gasteiger partial charge in [-0.15, -0.1) is 11.3 Å². The van der Waals surface area contributed by atoms with Gasteiger partial charge >= 0.3 is 5.97 Å². The summed E-state index contributed by atoms with van der Waals surface area (Å²) in [6.07, 6.45) is 3.52. The molecule has 9 heteroatoms. The van der Waals surface area contributed by atoms with Gasteiger partial charge in [0.05, 0.1) is 21.9 Å². The minimum absolute atomic E-state index is 0.00821. The molecule has 0 unspecified atom stereocenters. The molecule has 6 nitrogen and oxygen atoms in total. The Balaban J connectivity index is 1.39. The molecule has 1 amide bonds. The van der Waals surface area contributed by atoms with Crippen LogP contribution in [0, 0.1) is 5.92 Å². The number of Topliss-reactive ketones (excluding diaryl/α,β-unsaturated/α-hetero) is 1. The molecular formula is C22H23Cl2NO5S. The number of nitrogens with one attached hydrogen (secondary N) is 1. The van der Waals surface area contributed by atoms with Crippen LogP contribution in [0.4, 0.5) is 0 Å². The van der Waals surface area contributed by atoms with Crippen molar-refractivity contribution in [3.63, 3.8) is 0 Å². The van der Waals surface area contributed by atoms with E-state index in [0.717, 1.165) is 11.3 Å². The Labute approximate surface area is 194 Å². The van der Waals surface area contributed by atoms with E-state index in [4.69, 9.17) is 33.0 Å². The minimum Gasteiger partial charge on any atom is -0.490 e. The highest BCUT2D eigenvalue weighted by atomic mass is 35.5. The van der Waals surface area contributed by atoms with Crippen LogP contribution < -0.4 is 10.1 Å². The monoisotopic (exact) mass is 483 g/mol. The topological polar surface area (TPSA) is 92.7 Å². The van der Waals surface area contributed by atoms with Crippen LogP contribution in [0.2, 0.25) is 9.36 Å². The number of halogens is 2. The van der Waals surface area contributed by atoms with Crippen molar-refractivity contribution in [2.75, 3.05) is 6.54 Å². The molecule has 1 saturated carbocycles. The molecular weight excluding hydrogens is 461 g/mol. The molecule has 1 aliphatic rings. The molecule has 0 saturated heterocycles. The zero-order chi connectivity index (χ0) is 22.4. The summed E-state index contributed by atoms with van der Waals surface area (Å²) >= 11 is 12.8. The maximum absolute atomic E-state index is 12.4. The number of carbonyl (C=O) groups is 3. The molecule has 1 aromatic heterocycles. The second-order valence-electron chi connectivity index (χ2n) is 7.47. The number of ketones is 1. The number of amides is 1. The maximum Gasteiger partial charge on any atom is 0.306 e. The maximum atomic E-state index is 12.4. The quantitative estimate of drug-likeness (QED) is 0.364. The third-order valence-electron chi connectivity index (χ3n) is 5.24. The Kier molecular flexibility index (Phi) is 8.35. The van der Waals surface area contributed by atoms with Gasteiger partial charge in [-0.25, -0.2) is 0 Å².